The van der Waals surface area contributed by atoms with Crippen molar-refractivity contribution in [3.63, 3.8) is 0 Å². The zero-order valence-electron chi connectivity index (χ0n) is 19.9. The second-order valence-electron chi connectivity index (χ2n) is 8.67. The summed E-state index contributed by atoms with van der Waals surface area (Å²) in [4.78, 5) is 12.6. The van der Waals surface area contributed by atoms with Crippen LogP contribution in [0, 0.1) is 0 Å². The molecule has 3 aromatic carbocycles. The SMILES string of the molecule is CC(=O)N1N=C(c2cn(-c3ccccc3)nc2-c2ccccc2)CC1c1cccc(NS(C)(=O)=O)c1. The van der Waals surface area contributed by atoms with Gasteiger partial charge in [0.15, 0.2) is 0 Å². The third-order valence-electron chi connectivity index (χ3n) is 5.90. The predicted octanol–water partition coefficient (Wildman–Crippen LogP) is 4.61. The number of amides is 1. The molecule has 1 aliphatic heterocycles. The lowest BCUT2D eigenvalue weighted by Gasteiger charge is -2.21. The Kier molecular flexibility index (Phi) is 6.15. The van der Waals surface area contributed by atoms with Gasteiger partial charge in [0, 0.05) is 36.4 Å². The smallest absolute Gasteiger partial charge is 0.240 e. The van der Waals surface area contributed by atoms with E-state index >= 15 is 0 Å². The maximum Gasteiger partial charge on any atom is 0.240 e. The first-order valence-corrected chi connectivity index (χ1v) is 13.3. The number of carbonyl (C=O) groups is 1. The van der Waals surface area contributed by atoms with Gasteiger partial charge in [0.05, 0.1) is 23.7 Å². The van der Waals surface area contributed by atoms with Crippen LogP contribution in [0.15, 0.2) is 96.2 Å². The molecule has 0 fully saturated rings. The Morgan fingerprint density at radius 3 is 2.33 bits per heavy atom. The Bertz CT molecular complexity index is 1550. The van der Waals surface area contributed by atoms with Gasteiger partial charge in [-0.1, -0.05) is 60.7 Å². The van der Waals surface area contributed by atoms with Gasteiger partial charge in [0.2, 0.25) is 15.9 Å². The van der Waals surface area contributed by atoms with Crippen LogP contribution in [0.3, 0.4) is 0 Å². The number of aromatic nitrogens is 2. The molecule has 0 saturated carbocycles. The molecule has 0 saturated heterocycles. The minimum absolute atomic E-state index is 0.201. The van der Waals surface area contributed by atoms with Crippen molar-refractivity contribution in [2.45, 2.75) is 19.4 Å². The standard InChI is InChI=1S/C27H25N5O3S/c1-19(33)32-26(21-12-9-13-22(16-21)30-36(2,34)35)17-25(28-32)24-18-31(23-14-7-4-8-15-23)29-27(24)20-10-5-3-6-11-20/h3-16,18,26,30H,17H2,1-2H3. The summed E-state index contributed by atoms with van der Waals surface area (Å²) >= 11 is 0. The minimum atomic E-state index is -3.43. The Labute approximate surface area is 209 Å². The van der Waals surface area contributed by atoms with Crippen LogP contribution in [0.2, 0.25) is 0 Å². The summed E-state index contributed by atoms with van der Waals surface area (Å²) < 4.78 is 27.8. The average Bonchev–Trinajstić information content (AvgIpc) is 3.50. The van der Waals surface area contributed by atoms with Crippen LogP contribution in [-0.2, 0) is 14.8 Å². The monoisotopic (exact) mass is 499 g/mol. The van der Waals surface area contributed by atoms with Gasteiger partial charge in [-0.2, -0.15) is 10.2 Å². The average molecular weight is 500 g/mol. The Balaban J connectivity index is 1.56. The van der Waals surface area contributed by atoms with Crippen LogP contribution in [0.5, 0.6) is 0 Å². The van der Waals surface area contributed by atoms with Crippen molar-refractivity contribution in [1.82, 2.24) is 14.8 Å². The highest BCUT2D eigenvalue weighted by molar-refractivity contribution is 7.92. The van der Waals surface area contributed by atoms with Gasteiger partial charge in [-0.3, -0.25) is 9.52 Å². The van der Waals surface area contributed by atoms with Crippen molar-refractivity contribution in [1.29, 1.82) is 0 Å². The van der Waals surface area contributed by atoms with Gasteiger partial charge in [-0.05, 0) is 29.8 Å². The van der Waals surface area contributed by atoms with Crippen LogP contribution in [0.1, 0.15) is 30.5 Å². The largest absolute Gasteiger partial charge is 0.284 e. The van der Waals surface area contributed by atoms with Gasteiger partial charge in [-0.25, -0.2) is 18.1 Å². The summed E-state index contributed by atoms with van der Waals surface area (Å²) in [6.07, 6.45) is 3.51. The van der Waals surface area contributed by atoms with E-state index in [2.05, 4.69) is 4.72 Å². The first-order valence-electron chi connectivity index (χ1n) is 11.4. The molecule has 1 aliphatic rings. The second kappa shape index (κ2) is 9.43. The molecule has 8 nitrogen and oxygen atoms in total. The lowest BCUT2D eigenvalue weighted by Crippen LogP contribution is -2.24. The number of hydrazone groups is 1. The van der Waals surface area contributed by atoms with E-state index in [4.69, 9.17) is 10.2 Å². The van der Waals surface area contributed by atoms with Crippen LogP contribution in [0.25, 0.3) is 16.9 Å². The highest BCUT2D eigenvalue weighted by Gasteiger charge is 2.33. The molecule has 4 aromatic rings. The molecule has 1 N–H and O–H groups in total. The van der Waals surface area contributed by atoms with Crippen LogP contribution < -0.4 is 4.72 Å². The second-order valence-corrected chi connectivity index (χ2v) is 10.4. The lowest BCUT2D eigenvalue weighted by molar-refractivity contribution is -0.130. The van der Waals surface area contributed by atoms with E-state index in [-0.39, 0.29) is 11.9 Å². The van der Waals surface area contributed by atoms with E-state index in [9.17, 15) is 13.2 Å². The molecule has 9 heteroatoms. The number of carbonyl (C=O) groups excluding carboxylic acids is 1. The Morgan fingerprint density at radius 2 is 1.67 bits per heavy atom. The highest BCUT2D eigenvalue weighted by atomic mass is 32.2. The van der Waals surface area contributed by atoms with E-state index in [1.807, 2.05) is 77.6 Å². The van der Waals surface area contributed by atoms with E-state index < -0.39 is 10.0 Å². The minimum Gasteiger partial charge on any atom is -0.284 e. The molecule has 0 bridgehead atoms. The van der Waals surface area contributed by atoms with Gasteiger partial charge in [0.25, 0.3) is 0 Å². The van der Waals surface area contributed by atoms with E-state index in [1.165, 1.54) is 11.9 Å². The van der Waals surface area contributed by atoms with Gasteiger partial charge in [0.1, 0.15) is 5.69 Å². The molecule has 36 heavy (non-hydrogen) atoms. The number of hydrogen-bond acceptors (Lipinski definition) is 5. The first kappa shape index (κ1) is 23.5. The number of benzene rings is 3. The summed E-state index contributed by atoms with van der Waals surface area (Å²) in [5, 5.41) is 11.1. The molecule has 1 aromatic heterocycles. The molecular formula is C27H25N5O3S. The van der Waals surface area contributed by atoms with E-state index in [1.54, 1.807) is 18.2 Å². The fourth-order valence-corrected chi connectivity index (χ4v) is 4.91. The molecule has 1 atom stereocenters. The number of nitrogens with one attached hydrogen (secondary N) is 1. The fraction of sp³-hybridized carbons (Fsp3) is 0.148. The van der Waals surface area contributed by atoms with Crippen LogP contribution in [0.4, 0.5) is 5.69 Å². The maximum absolute atomic E-state index is 12.6. The molecule has 182 valence electrons. The molecule has 5 rings (SSSR count). The third-order valence-corrected chi connectivity index (χ3v) is 6.51. The van der Waals surface area contributed by atoms with Crippen LogP contribution >= 0.6 is 0 Å². The normalized spacial score (nSPS) is 15.6. The number of sulfonamides is 1. The number of hydrogen-bond donors (Lipinski definition) is 1. The van der Waals surface area contributed by atoms with Crippen LogP contribution in [-0.4, -0.2) is 41.1 Å². The molecule has 0 radical (unpaired) electrons. The third kappa shape index (κ3) is 4.92. The quantitative estimate of drug-likeness (QED) is 0.419. The number of anilines is 1. The topological polar surface area (TPSA) is 96.7 Å². The zero-order valence-corrected chi connectivity index (χ0v) is 20.7. The first-order chi connectivity index (χ1) is 17.3. The van der Waals surface area contributed by atoms with E-state index in [0.29, 0.717) is 12.1 Å². The molecule has 1 unspecified atom stereocenters. The fourth-order valence-electron chi connectivity index (χ4n) is 4.35. The van der Waals surface area contributed by atoms with Crippen molar-refractivity contribution in [3.05, 3.63) is 102 Å². The summed E-state index contributed by atoms with van der Waals surface area (Å²) in [6.45, 7) is 1.48. The molecule has 1 amide bonds. The van der Waals surface area contributed by atoms with Crippen molar-refractivity contribution < 1.29 is 13.2 Å². The van der Waals surface area contributed by atoms with Crippen molar-refractivity contribution in [2.24, 2.45) is 5.10 Å². The summed E-state index contributed by atoms with van der Waals surface area (Å²) in [7, 11) is -3.43. The Hall–Kier alpha value is -4.24. The summed E-state index contributed by atoms with van der Waals surface area (Å²) in [5.74, 6) is -0.201. The molecular weight excluding hydrogens is 474 g/mol. The van der Waals surface area contributed by atoms with E-state index in [0.717, 1.165) is 40.0 Å². The van der Waals surface area contributed by atoms with Crippen molar-refractivity contribution in [2.75, 3.05) is 11.0 Å². The number of nitrogens with zero attached hydrogens (tertiary/aromatic N) is 4. The maximum atomic E-state index is 12.6. The number of rotatable bonds is 6. The summed E-state index contributed by atoms with van der Waals surface area (Å²) in [6, 6.07) is 26.4. The van der Waals surface area contributed by atoms with Gasteiger partial charge >= 0.3 is 0 Å². The highest BCUT2D eigenvalue weighted by Crippen LogP contribution is 2.36. The number of para-hydroxylation sites is 1. The van der Waals surface area contributed by atoms with Gasteiger partial charge < -0.3 is 0 Å². The van der Waals surface area contributed by atoms with Crippen molar-refractivity contribution in [3.8, 4) is 16.9 Å². The van der Waals surface area contributed by atoms with Gasteiger partial charge in [-0.15, -0.1) is 0 Å². The Morgan fingerprint density at radius 1 is 0.972 bits per heavy atom. The van der Waals surface area contributed by atoms with Crippen molar-refractivity contribution >= 4 is 27.3 Å². The predicted molar refractivity (Wildman–Crippen MR) is 140 cm³/mol. The molecule has 2 heterocycles. The lowest BCUT2D eigenvalue weighted by atomic mass is 9.97. The molecule has 0 aliphatic carbocycles. The zero-order chi connectivity index (χ0) is 25.3. The summed E-state index contributed by atoms with van der Waals surface area (Å²) in [5.41, 5.74) is 5.43. The molecule has 0 spiro atoms.